The summed E-state index contributed by atoms with van der Waals surface area (Å²) in [6.45, 7) is -0.794. The van der Waals surface area contributed by atoms with E-state index < -0.39 is 62.3 Å². The highest BCUT2D eigenvalue weighted by Gasteiger charge is 2.49. The van der Waals surface area contributed by atoms with Gasteiger partial charge < -0.3 is 9.57 Å². The third-order valence-corrected chi connectivity index (χ3v) is 4.95. The predicted molar refractivity (Wildman–Crippen MR) is 74.8 cm³/mol. The van der Waals surface area contributed by atoms with E-state index in [-0.39, 0.29) is 4.68 Å². The van der Waals surface area contributed by atoms with E-state index >= 15 is 0 Å². The van der Waals surface area contributed by atoms with Crippen molar-refractivity contribution in [3.8, 4) is 5.88 Å². The minimum absolute atomic E-state index is 0.184. The Morgan fingerprint density at radius 1 is 1.27 bits per heavy atom. The van der Waals surface area contributed by atoms with Crippen LogP contribution >= 0.6 is 0 Å². The molecule has 0 spiro atoms. The molecule has 0 aliphatic carbocycles. The Morgan fingerprint density at radius 2 is 1.85 bits per heavy atom. The number of rotatable bonds is 4. The van der Waals surface area contributed by atoms with Gasteiger partial charge in [0, 0.05) is 13.5 Å². The van der Waals surface area contributed by atoms with E-state index in [1.54, 1.807) is 0 Å². The van der Waals surface area contributed by atoms with Crippen LogP contribution < -0.4 is 4.74 Å². The number of aromatic nitrogens is 2. The molecule has 0 N–H and O–H groups in total. The van der Waals surface area contributed by atoms with Crippen LogP contribution in [-0.2, 0) is 27.9 Å². The molecule has 1 aromatic rings. The van der Waals surface area contributed by atoms with Crippen LogP contribution in [-0.4, -0.2) is 35.5 Å². The van der Waals surface area contributed by atoms with Crippen molar-refractivity contribution in [2.75, 3.05) is 0 Å². The van der Waals surface area contributed by atoms with Gasteiger partial charge in [0.05, 0.1) is 5.56 Å². The average molecular weight is 409 g/mol. The first-order chi connectivity index (χ1) is 11.7. The van der Waals surface area contributed by atoms with Crippen molar-refractivity contribution in [3.63, 3.8) is 0 Å². The van der Waals surface area contributed by atoms with Crippen LogP contribution in [0.4, 0.5) is 26.3 Å². The summed E-state index contributed by atoms with van der Waals surface area (Å²) in [5.41, 5.74) is -8.18. The summed E-state index contributed by atoms with van der Waals surface area (Å²) >= 11 is 0. The summed E-state index contributed by atoms with van der Waals surface area (Å²) in [5.74, 6) is -1.36. The standard InChI is InChI=1S/C12H13F6N3O4S/c1-11(2)4-5(20-25-11)26(22,23)8(13)6-7(12(16,17)18)19-21(3)9(6)24-10(14)15/h8,10H,4H2,1-3H3. The number of hydrogen-bond acceptors (Lipinski definition) is 6. The second kappa shape index (κ2) is 6.32. The minimum atomic E-state index is -5.32. The number of oxime groups is 1. The van der Waals surface area contributed by atoms with Gasteiger partial charge in [-0.2, -0.15) is 27.1 Å². The quantitative estimate of drug-likeness (QED) is 0.715. The van der Waals surface area contributed by atoms with Gasteiger partial charge in [-0.3, -0.25) is 0 Å². The monoisotopic (exact) mass is 409 g/mol. The molecule has 0 radical (unpaired) electrons. The van der Waals surface area contributed by atoms with Gasteiger partial charge in [0.2, 0.25) is 21.2 Å². The molecule has 14 heteroatoms. The van der Waals surface area contributed by atoms with Crippen LogP contribution in [0.3, 0.4) is 0 Å². The molecule has 7 nitrogen and oxygen atoms in total. The lowest BCUT2D eigenvalue weighted by molar-refractivity contribution is -0.142. The molecule has 1 aliphatic heterocycles. The fraction of sp³-hybridized carbons (Fsp3) is 0.667. The maximum atomic E-state index is 14.7. The molecule has 1 unspecified atom stereocenters. The van der Waals surface area contributed by atoms with Crippen molar-refractivity contribution in [3.05, 3.63) is 11.3 Å². The van der Waals surface area contributed by atoms with Gasteiger partial charge in [-0.05, 0) is 13.8 Å². The molecular formula is C12H13F6N3O4S. The van der Waals surface area contributed by atoms with E-state index in [2.05, 4.69) is 15.0 Å². The van der Waals surface area contributed by atoms with Crippen molar-refractivity contribution in [1.82, 2.24) is 9.78 Å². The van der Waals surface area contributed by atoms with Crippen molar-refractivity contribution in [1.29, 1.82) is 0 Å². The Hall–Kier alpha value is -1.99. The molecule has 2 rings (SSSR count). The number of hydrogen-bond donors (Lipinski definition) is 0. The van der Waals surface area contributed by atoms with Gasteiger partial charge in [0.1, 0.15) is 5.60 Å². The van der Waals surface area contributed by atoms with Crippen LogP contribution in [0.25, 0.3) is 0 Å². The van der Waals surface area contributed by atoms with Crippen LogP contribution in [0.15, 0.2) is 5.16 Å². The fourth-order valence-corrected chi connectivity index (χ4v) is 3.64. The molecule has 1 aromatic heterocycles. The molecule has 1 atom stereocenters. The smallest absolute Gasteiger partial charge is 0.417 e. The molecular weight excluding hydrogens is 396 g/mol. The number of nitrogens with zero attached hydrogens (tertiary/aromatic N) is 3. The topological polar surface area (TPSA) is 82.8 Å². The normalized spacial score (nSPS) is 18.6. The van der Waals surface area contributed by atoms with Crippen molar-refractivity contribution < 1.29 is 44.3 Å². The molecule has 0 fully saturated rings. The van der Waals surface area contributed by atoms with Gasteiger partial charge in [0.15, 0.2) is 10.7 Å². The van der Waals surface area contributed by atoms with E-state index in [1.165, 1.54) is 13.8 Å². The summed E-state index contributed by atoms with van der Waals surface area (Å²) in [7, 11) is -4.34. The lowest BCUT2D eigenvalue weighted by Gasteiger charge is -2.15. The third kappa shape index (κ3) is 3.73. The summed E-state index contributed by atoms with van der Waals surface area (Å²) in [5, 5.41) is 5.22. The molecule has 148 valence electrons. The van der Waals surface area contributed by atoms with E-state index in [0.29, 0.717) is 0 Å². The Kier molecular flexibility index (Phi) is 4.94. The number of alkyl halides is 6. The first kappa shape index (κ1) is 20.3. The number of ether oxygens (including phenoxy) is 1. The van der Waals surface area contributed by atoms with Gasteiger partial charge in [0.25, 0.3) is 0 Å². The molecule has 1 aliphatic rings. The Balaban J connectivity index is 2.59. The van der Waals surface area contributed by atoms with E-state index in [4.69, 9.17) is 4.84 Å². The molecule has 0 amide bonds. The second-order valence-electron chi connectivity index (χ2n) is 5.94. The molecule has 0 saturated heterocycles. The van der Waals surface area contributed by atoms with Gasteiger partial charge >= 0.3 is 12.8 Å². The largest absolute Gasteiger partial charge is 0.435 e. The summed E-state index contributed by atoms with van der Waals surface area (Å²) < 4.78 is 108. The van der Waals surface area contributed by atoms with E-state index in [0.717, 1.165) is 7.05 Å². The van der Waals surface area contributed by atoms with Crippen molar-refractivity contribution in [2.45, 2.75) is 44.2 Å². The molecule has 0 saturated carbocycles. The predicted octanol–water partition coefficient (Wildman–Crippen LogP) is 2.94. The van der Waals surface area contributed by atoms with E-state index in [9.17, 15) is 34.8 Å². The van der Waals surface area contributed by atoms with Gasteiger partial charge in [-0.1, -0.05) is 5.16 Å². The highest BCUT2D eigenvalue weighted by atomic mass is 32.2. The number of aryl methyl sites for hydroxylation is 1. The van der Waals surface area contributed by atoms with Gasteiger partial charge in [-0.15, -0.1) is 0 Å². The fourth-order valence-electron chi connectivity index (χ4n) is 2.19. The number of halogens is 6. The minimum Gasteiger partial charge on any atom is -0.417 e. The molecule has 26 heavy (non-hydrogen) atoms. The SMILES string of the molecule is Cn1nc(C(F)(F)F)c(C(F)S(=O)(=O)C2=NOC(C)(C)C2)c1OC(F)F. The zero-order chi connectivity index (χ0) is 20.1. The van der Waals surface area contributed by atoms with Gasteiger partial charge in [-0.25, -0.2) is 17.5 Å². The average Bonchev–Trinajstić information content (AvgIpc) is 2.98. The second-order valence-corrected chi connectivity index (χ2v) is 7.92. The summed E-state index contributed by atoms with van der Waals surface area (Å²) in [4.78, 5) is 4.77. The van der Waals surface area contributed by atoms with Crippen molar-refractivity contribution in [2.24, 2.45) is 12.2 Å². The summed E-state index contributed by atoms with van der Waals surface area (Å²) in [6, 6.07) is 0. The third-order valence-electron chi connectivity index (χ3n) is 3.30. The highest BCUT2D eigenvalue weighted by Crippen LogP contribution is 2.43. The molecule has 0 aromatic carbocycles. The van der Waals surface area contributed by atoms with Crippen molar-refractivity contribution >= 4 is 14.9 Å². The van der Waals surface area contributed by atoms with E-state index in [1.807, 2.05) is 0 Å². The highest BCUT2D eigenvalue weighted by molar-refractivity contribution is 8.06. The zero-order valence-electron chi connectivity index (χ0n) is 13.5. The Morgan fingerprint density at radius 3 is 2.27 bits per heavy atom. The summed E-state index contributed by atoms with van der Waals surface area (Å²) in [6.07, 6.45) is -5.73. The van der Waals surface area contributed by atoms with Crippen LogP contribution in [0, 0.1) is 0 Å². The number of sulfone groups is 1. The maximum Gasteiger partial charge on any atom is 0.435 e. The Labute approximate surface area is 143 Å². The molecule has 0 bridgehead atoms. The van der Waals surface area contributed by atoms with Crippen LogP contribution in [0.5, 0.6) is 5.88 Å². The lowest BCUT2D eigenvalue weighted by Crippen LogP contribution is -2.26. The molecule has 2 heterocycles. The van der Waals surface area contributed by atoms with Crippen LogP contribution in [0.2, 0.25) is 0 Å². The first-order valence-electron chi connectivity index (χ1n) is 6.89. The van der Waals surface area contributed by atoms with Crippen LogP contribution in [0.1, 0.15) is 37.0 Å². The maximum absolute atomic E-state index is 14.7. The Bertz CT molecular complexity index is 831. The lowest BCUT2D eigenvalue weighted by atomic mass is 10.1. The zero-order valence-corrected chi connectivity index (χ0v) is 14.3. The first-order valence-corrected chi connectivity index (χ1v) is 8.43.